The summed E-state index contributed by atoms with van der Waals surface area (Å²) in [5.74, 6) is -1.47. The van der Waals surface area contributed by atoms with E-state index in [9.17, 15) is 14.4 Å². The van der Waals surface area contributed by atoms with Crippen molar-refractivity contribution in [2.24, 2.45) is 5.41 Å². The normalized spacial score (nSPS) is 11.3. The second-order valence-electron chi connectivity index (χ2n) is 6.97. The summed E-state index contributed by atoms with van der Waals surface area (Å²) in [5.41, 5.74) is -0.642. The van der Waals surface area contributed by atoms with Crippen molar-refractivity contribution in [1.82, 2.24) is 15.2 Å². The Balaban J connectivity index is 4.49. The van der Waals surface area contributed by atoms with Crippen molar-refractivity contribution in [3.8, 4) is 0 Å². The van der Waals surface area contributed by atoms with Crippen molar-refractivity contribution in [2.45, 2.75) is 26.2 Å². The number of ether oxygens (including phenoxy) is 3. The van der Waals surface area contributed by atoms with E-state index < -0.39 is 23.1 Å². The highest BCUT2D eigenvalue weighted by Gasteiger charge is 2.26. The monoisotopic (exact) mass is 423 g/mol. The van der Waals surface area contributed by atoms with Gasteiger partial charge in [-0.2, -0.15) is 0 Å². The van der Waals surface area contributed by atoms with Crippen LogP contribution in [0.25, 0.3) is 0 Å². The Morgan fingerprint density at radius 3 is 1.10 bits per heavy atom. The van der Waals surface area contributed by atoms with Crippen LogP contribution in [0.2, 0.25) is 0 Å². The molecule has 0 aromatic heterocycles. The SMILES string of the molecule is CN(O)C(=O)CCOCC(C)(COCCC(=O)N(C)O)COCCC(=O)N(C)O. The van der Waals surface area contributed by atoms with E-state index in [-0.39, 0.29) is 58.9 Å². The fourth-order valence-electron chi connectivity index (χ4n) is 2.04. The predicted molar refractivity (Wildman–Crippen MR) is 98.1 cm³/mol. The second kappa shape index (κ2) is 14.2. The van der Waals surface area contributed by atoms with E-state index in [1.54, 1.807) is 0 Å². The van der Waals surface area contributed by atoms with Crippen molar-refractivity contribution in [2.75, 3.05) is 60.8 Å². The van der Waals surface area contributed by atoms with Crippen LogP contribution < -0.4 is 0 Å². The molecule has 0 aromatic carbocycles. The molecule has 0 spiro atoms. The summed E-state index contributed by atoms with van der Waals surface area (Å²) in [7, 11) is 3.68. The summed E-state index contributed by atoms with van der Waals surface area (Å²) in [4.78, 5) is 34.1. The van der Waals surface area contributed by atoms with Gasteiger partial charge in [-0.15, -0.1) is 0 Å². The number of carbonyl (C=O) groups excluding carboxylic acids is 3. The van der Waals surface area contributed by atoms with E-state index in [0.717, 1.165) is 0 Å². The van der Waals surface area contributed by atoms with Crippen LogP contribution in [0.4, 0.5) is 0 Å². The summed E-state index contributed by atoms with van der Waals surface area (Å²) in [6.07, 6.45) is -0.00159. The maximum Gasteiger partial charge on any atom is 0.247 e. The van der Waals surface area contributed by atoms with Crippen molar-refractivity contribution < 1.29 is 44.2 Å². The zero-order valence-electron chi connectivity index (χ0n) is 17.5. The van der Waals surface area contributed by atoms with E-state index in [1.807, 2.05) is 6.92 Å². The highest BCUT2D eigenvalue weighted by molar-refractivity contribution is 5.75. The first-order chi connectivity index (χ1) is 13.5. The van der Waals surface area contributed by atoms with Crippen LogP contribution >= 0.6 is 0 Å². The van der Waals surface area contributed by atoms with Gasteiger partial charge in [-0.05, 0) is 0 Å². The molecule has 3 N–H and O–H groups in total. The van der Waals surface area contributed by atoms with Gasteiger partial charge in [-0.3, -0.25) is 30.0 Å². The molecule has 0 rings (SSSR count). The Morgan fingerprint density at radius 2 is 0.897 bits per heavy atom. The third-order valence-electron chi connectivity index (χ3n) is 3.82. The maximum absolute atomic E-state index is 11.4. The van der Waals surface area contributed by atoms with Crippen LogP contribution in [0, 0.1) is 5.41 Å². The first-order valence-corrected chi connectivity index (χ1v) is 9.08. The zero-order chi connectivity index (χ0) is 22.4. The molecule has 0 fully saturated rings. The Labute approximate surface area is 170 Å². The minimum absolute atomic E-state index is 0.000528. The second-order valence-corrected chi connectivity index (χ2v) is 6.97. The molecule has 0 unspecified atom stereocenters. The van der Waals surface area contributed by atoms with Gasteiger partial charge in [0, 0.05) is 26.6 Å². The van der Waals surface area contributed by atoms with Gasteiger partial charge in [0.25, 0.3) is 0 Å². The molecular weight excluding hydrogens is 390 g/mol. The summed E-state index contributed by atoms with van der Waals surface area (Å²) < 4.78 is 16.5. The number of hydrogen-bond donors (Lipinski definition) is 3. The number of carbonyl (C=O) groups is 3. The van der Waals surface area contributed by atoms with Crippen LogP contribution in [-0.2, 0) is 28.6 Å². The number of hydrogen-bond acceptors (Lipinski definition) is 9. The van der Waals surface area contributed by atoms with Crippen molar-refractivity contribution in [3.05, 3.63) is 0 Å². The standard InChI is InChI=1S/C17H33N3O9/c1-17(11-27-8-5-14(21)18(2)24,12-28-9-6-15(22)19(3)25)13-29-10-7-16(23)20(4)26/h24-26H,5-13H2,1-4H3. The maximum atomic E-state index is 11.4. The fourth-order valence-corrected chi connectivity index (χ4v) is 2.04. The van der Waals surface area contributed by atoms with E-state index in [0.29, 0.717) is 15.2 Å². The average molecular weight is 423 g/mol. The topological polar surface area (TPSA) is 149 Å². The number of nitrogens with zero attached hydrogens (tertiary/aromatic N) is 3. The van der Waals surface area contributed by atoms with Crippen molar-refractivity contribution in [1.29, 1.82) is 0 Å². The third kappa shape index (κ3) is 13.1. The average Bonchev–Trinajstić information content (AvgIpc) is 2.65. The molecule has 0 aliphatic heterocycles. The Bertz CT molecular complexity index is 443. The quantitative estimate of drug-likeness (QED) is 0.184. The van der Waals surface area contributed by atoms with Gasteiger partial charge in [-0.1, -0.05) is 6.92 Å². The lowest BCUT2D eigenvalue weighted by Gasteiger charge is -2.29. The molecule has 0 saturated carbocycles. The predicted octanol–water partition coefficient (Wildman–Crippen LogP) is -0.244. The minimum atomic E-state index is -0.642. The molecule has 0 aromatic rings. The molecule has 29 heavy (non-hydrogen) atoms. The summed E-state index contributed by atoms with van der Waals surface area (Å²) >= 11 is 0. The van der Waals surface area contributed by atoms with Gasteiger partial charge in [0.05, 0.1) is 58.9 Å². The van der Waals surface area contributed by atoms with E-state index in [2.05, 4.69) is 0 Å². The van der Waals surface area contributed by atoms with Crippen LogP contribution in [-0.4, -0.2) is 109 Å². The van der Waals surface area contributed by atoms with Crippen LogP contribution in [0.5, 0.6) is 0 Å². The van der Waals surface area contributed by atoms with Crippen LogP contribution in [0.15, 0.2) is 0 Å². The number of rotatable bonds is 15. The molecule has 0 heterocycles. The Morgan fingerprint density at radius 1 is 0.655 bits per heavy atom. The number of hydroxylamine groups is 6. The Kier molecular flexibility index (Phi) is 13.3. The Hall–Kier alpha value is -1.83. The first-order valence-electron chi connectivity index (χ1n) is 9.08. The van der Waals surface area contributed by atoms with E-state index in [4.69, 9.17) is 29.8 Å². The van der Waals surface area contributed by atoms with Crippen LogP contribution in [0.3, 0.4) is 0 Å². The largest absolute Gasteiger partial charge is 0.380 e. The van der Waals surface area contributed by atoms with Gasteiger partial charge in [0.15, 0.2) is 0 Å². The molecule has 0 radical (unpaired) electrons. The highest BCUT2D eigenvalue weighted by atomic mass is 16.5. The fraction of sp³-hybridized carbons (Fsp3) is 0.824. The number of amides is 3. The first kappa shape index (κ1) is 27.2. The van der Waals surface area contributed by atoms with Crippen LogP contribution in [0.1, 0.15) is 26.2 Å². The molecule has 0 aliphatic carbocycles. The molecule has 0 atom stereocenters. The van der Waals surface area contributed by atoms with E-state index >= 15 is 0 Å². The van der Waals surface area contributed by atoms with Gasteiger partial charge in [0.2, 0.25) is 17.7 Å². The van der Waals surface area contributed by atoms with Gasteiger partial charge in [-0.25, -0.2) is 15.2 Å². The summed E-state index contributed by atoms with van der Waals surface area (Å²) in [5, 5.41) is 28.5. The highest BCUT2D eigenvalue weighted by Crippen LogP contribution is 2.19. The third-order valence-corrected chi connectivity index (χ3v) is 3.82. The smallest absolute Gasteiger partial charge is 0.247 e. The molecule has 0 aliphatic rings. The molecule has 12 heteroatoms. The molecule has 12 nitrogen and oxygen atoms in total. The van der Waals surface area contributed by atoms with Crippen molar-refractivity contribution in [3.63, 3.8) is 0 Å². The lowest BCUT2D eigenvalue weighted by Crippen LogP contribution is -2.36. The molecular formula is C17H33N3O9. The lowest BCUT2D eigenvalue weighted by molar-refractivity contribution is -0.161. The van der Waals surface area contributed by atoms with Gasteiger partial charge in [0.1, 0.15) is 0 Å². The molecule has 0 saturated heterocycles. The minimum Gasteiger partial charge on any atom is -0.380 e. The van der Waals surface area contributed by atoms with E-state index in [1.165, 1.54) is 21.1 Å². The summed E-state index contributed by atoms with van der Waals surface area (Å²) in [6.45, 7) is 2.56. The van der Waals surface area contributed by atoms with Crippen molar-refractivity contribution >= 4 is 17.7 Å². The molecule has 170 valence electrons. The molecule has 0 bridgehead atoms. The van der Waals surface area contributed by atoms with Gasteiger partial charge >= 0.3 is 0 Å². The molecule has 3 amide bonds. The summed E-state index contributed by atoms with van der Waals surface area (Å²) in [6, 6.07) is 0. The zero-order valence-corrected chi connectivity index (χ0v) is 17.5. The van der Waals surface area contributed by atoms with Gasteiger partial charge < -0.3 is 14.2 Å². The lowest BCUT2D eigenvalue weighted by atomic mass is 9.94.